The van der Waals surface area contributed by atoms with Crippen LogP contribution in [0.2, 0.25) is 0 Å². The van der Waals surface area contributed by atoms with Crippen molar-refractivity contribution in [3.63, 3.8) is 0 Å². The molecule has 1 aliphatic heterocycles. The molecule has 0 spiro atoms. The average Bonchev–Trinajstić information content (AvgIpc) is 2.62. The van der Waals surface area contributed by atoms with E-state index in [4.69, 9.17) is 0 Å². The number of aryl methyl sites for hydroxylation is 1. The van der Waals surface area contributed by atoms with E-state index in [9.17, 15) is 0 Å². The second-order valence-corrected chi connectivity index (χ2v) is 6.11. The minimum Gasteiger partial charge on any atom is -0.368 e. The summed E-state index contributed by atoms with van der Waals surface area (Å²) in [7, 11) is 0. The maximum atomic E-state index is 4.47. The molecule has 0 N–H and O–H groups in total. The molecule has 3 nitrogen and oxygen atoms in total. The van der Waals surface area contributed by atoms with Crippen molar-refractivity contribution in [2.45, 2.75) is 6.92 Å². The first-order chi connectivity index (χ1) is 11.3. The topological polar surface area (TPSA) is 19.4 Å². The van der Waals surface area contributed by atoms with E-state index in [2.05, 4.69) is 76.3 Å². The molecule has 0 radical (unpaired) electrons. The second-order valence-electron chi connectivity index (χ2n) is 6.11. The first-order valence-electron chi connectivity index (χ1n) is 8.22. The van der Waals surface area contributed by atoms with Crippen molar-refractivity contribution in [2.24, 2.45) is 0 Å². The van der Waals surface area contributed by atoms with E-state index in [1.54, 1.807) is 0 Å². The predicted molar refractivity (Wildman–Crippen MR) is 97.3 cm³/mol. The summed E-state index contributed by atoms with van der Waals surface area (Å²) in [6.45, 7) is 6.39. The Hall–Kier alpha value is -2.55. The monoisotopic (exact) mass is 303 g/mol. The van der Waals surface area contributed by atoms with Crippen LogP contribution < -0.4 is 9.80 Å². The van der Waals surface area contributed by atoms with Gasteiger partial charge >= 0.3 is 0 Å². The summed E-state index contributed by atoms with van der Waals surface area (Å²) in [5.41, 5.74) is 5.11. The molecule has 1 aromatic heterocycles. The molecular formula is C20H21N3. The molecule has 23 heavy (non-hydrogen) atoms. The number of benzene rings is 2. The predicted octanol–water partition coefficient (Wildman–Crippen LogP) is 3.87. The number of hydrogen-bond donors (Lipinski definition) is 0. The Labute approximate surface area is 137 Å². The SMILES string of the molecule is Cc1ccccc1N1CCN(c2ccnc3ccccc23)CC1. The van der Waals surface area contributed by atoms with Crippen LogP contribution in [0.1, 0.15) is 5.56 Å². The number of fused-ring (bicyclic) bond motifs is 1. The van der Waals surface area contributed by atoms with Crippen LogP contribution >= 0.6 is 0 Å². The van der Waals surface area contributed by atoms with E-state index < -0.39 is 0 Å². The lowest BCUT2D eigenvalue weighted by molar-refractivity contribution is 0.654. The molecular weight excluding hydrogens is 282 g/mol. The molecule has 0 amide bonds. The van der Waals surface area contributed by atoms with E-state index in [1.165, 1.54) is 22.3 Å². The van der Waals surface area contributed by atoms with Gasteiger partial charge in [-0.1, -0.05) is 36.4 Å². The Kier molecular flexibility index (Phi) is 3.62. The van der Waals surface area contributed by atoms with Crippen molar-refractivity contribution < 1.29 is 0 Å². The third kappa shape index (κ3) is 2.63. The Balaban J connectivity index is 1.57. The van der Waals surface area contributed by atoms with Gasteiger partial charge < -0.3 is 9.80 Å². The van der Waals surface area contributed by atoms with Crippen LogP contribution in [0.4, 0.5) is 11.4 Å². The Morgan fingerprint density at radius 1 is 0.739 bits per heavy atom. The van der Waals surface area contributed by atoms with Crippen LogP contribution in [0.15, 0.2) is 60.8 Å². The van der Waals surface area contributed by atoms with Crippen molar-refractivity contribution in [3.05, 3.63) is 66.4 Å². The van der Waals surface area contributed by atoms with E-state index in [1.807, 2.05) is 6.20 Å². The van der Waals surface area contributed by atoms with Gasteiger partial charge in [-0.25, -0.2) is 0 Å². The van der Waals surface area contributed by atoms with Crippen molar-refractivity contribution in [2.75, 3.05) is 36.0 Å². The molecule has 0 saturated carbocycles. The smallest absolute Gasteiger partial charge is 0.0722 e. The fourth-order valence-corrected chi connectivity index (χ4v) is 3.46. The van der Waals surface area contributed by atoms with Gasteiger partial charge in [-0.05, 0) is 30.7 Å². The standard InChI is InChI=1S/C20H21N3/c1-16-6-2-5-9-19(16)22-12-14-23(15-13-22)20-10-11-21-18-8-4-3-7-17(18)20/h2-11H,12-15H2,1H3. The number of pyridine rings is 1. The van der Waals surface area contributed by atoms with Gasteiger partial charge in [-0.3, -0.25) is 4.98 Å². The Morgan fingerprint density at radius 3 is 2.17 bits per heavy atom. The molecule has 3 aromatic rings. The zero-order valence-electron chi connectivity index (χ0n) is 13.4. The molecule has 0 aliphatic carbocycles. The summed E-state index contributed by atoms with van der Waals surface area (Å²) in [6, 6.07) is 19.2. The van der Waals surface area contributed by atoms with Gasteiger partial charge in [0.25, 0.3) is 0 Å². The third-order valence-corrected chi connectivity index (χ3v) is 4.70. The molecule has 116 valence electrons. The third-order valence-electron chi connectivity index (χ3n) is 4.70. The van der Waals surface area contributed by atoms with E-state index in [0.29, 0.717) is 0 Å². The summed E-state index contributed by atoms with van der Waals surface area (Å²) < 4.78 is 0. The van der Waals surface area contributed by atoms with Gasteiger partial charge in [0.15, 0.2) is 0 Å². The minimum atomic E-state index is 1.04. The largest absolute Gasteiger partial charge is 0.368 e. The number of anilines is 2. The molecule has 2 aromatic carbocycles. The fourth-order valence-electron chi connectivity index (χ4n) is 3.46. The number of aromatic nitrogens is 1. The van der Waals surface area contributed by atoms with Gasteiger partial charge in [0.05, 0.1) is 5.52 Å². The summed E-state index contributed by atoms with van der Waals surface area (Å²) >= 11 is 0. The molecule has 0 atom stereocenters. The van der Waals surface area contributed by atoms with E-state index >= 15 is 0 Å². The molecule has 1 fully saturated rings. The van der Waals surface area contributed by atoms with Crippen LogP contribution in [-0.4, -0.2) is 31.2 Å². The molecule has 1 saturated heterocycles. The summed E-state index contributed by atoms with van der Waals surface area (Å²) in [5, 5.41) is 1.25. The van der Waals surface area contributed by atoms with Crippen LogP contribution in [0, 0.1) is 6.92 Å². The minimum absolute atomic E-state index is 1.04. The lowest BCUT2D eigenvalue weighted by atomic mass is 10.1. The number of piperazine rings is 1. The summed E-state index contributed by atoms with van der Waals surface area (Å²) in [6.07, 6.45) is 1.92. The van der Waals surface area contributed by atoms with Crippen molar-refractivity contribution in [1.82, 2.24) is 4.98 Å². The van der Waals surface area contributed by atoms with Gasteiger partial charge in [-0.15, -0.1) is 0 Å². The lowest BCUT2D eigenvalue weighted by Gasteiger charge is -2.38. The summed E-state index contributed by atoms with van der Waals surface area (Å²) in [4.78, 5) is 9.45. The second kappa shape index (κ2) is 5.92. The van der Waals surface area contributed by atoms with E-state index in [-0.39, 0.29) is 0 Å². The molecule has 3 heteroatoms. The highest BCUT2D eigenvalue weighted by Crippen LogP contribution is 2.27. The number of para-hydroxylation sites is 2. The number of nitrogens with zero attached hydrogens (tertiary/aromatic N) is 3. The highest BCUT2D eigenvalue weighted by molar-refractivity contribution is 5.91. The summed E-state index contributed by atoms with van der Waals surface area (Å²) in [5.74, 6) is 0. The van der Waals surface area contributed by atoms with Crippen molar-refractivity contribution in [1.29, 1.82) is 0 Å². The Bertz CT molecular complexity index is 814. The molecule has 0 unspecified atom stereocenters. The number of hydrogen-bond acceptors (Lipinski definition) is 3. The van der Waals surface area contributed by atoms with Crippen molar-refractivity contribution >= 4 is 22.3 Å². The van der Waals surface area contributed by atoms with Crippen LogP contribution in [0.3, 0.4) is 0 Å². The lowest BCUT2D eigenvalue weighted by Crippen LogP contribution is -2.46. The highest BCUT2D eigenvalue weighted by Gasteiger charge is 2.19. The van der Waals surface area contributed by atoms with Gasteiger partial charge in [0, 0.05) is 49.1 Å². The maximum Gasteiger partial charge on any atom is 0.0722 e. The van der Waals surface area contributed by atoms with Crippen molar-refractivity contribution in [3.8, 4) is 0 Å². The quantitative estimate of drug-likeness (QED) is 0.716. The average molecular weight is 303 g/mol. The van der Waals surface area contributed by atoms with Gasteiger partial charge in [-0.2, -0.15) is 0 Å². The zero-order chi connectivity index (χ0) is 15.6. The maximum absolute atomic E-state index is 4.47. The zero-order valence-corrected chi connectivity index (χ0v) is 13.4. The molecule has 0 bridgehead atoms. The van der Waals surface area contributed by atoms with Crippen LogP contribution in [-0.2, 0) is 0 Å². The van der Waals surface area contributed by atoms with Gasteiger partial charge in [0.2, 0.25) is 0 Å². The first kappa shape index (κ1) is 14.1. The van der Waals surface area contributed by atoms with Crippen LogP contribution in [0.5, 0.6) is 0 Å². The van der Waals surface area contributed by atoms with Gasteiger partial charge in [0.1, 0.15) is 0 Å². The fraction of sp³-hybridized carbons (Fsp3) is 0.250. The molecule has 1 aliphatic rings. The normalized spacial score (nSPS) is 15.2. The highest BCUT2D eigenvalue weighted by atomic mass is 15.3. The Morgan fingerprint density at radius 2 is 1.39 bits per heavy atom. The first-order valence-corrected chi connectivity index (χ1v) is 8.22. The molecule has 2 heterocycles. The van der Waals surface area contributed by atoms with E-state index in [0.717, 1.165) is 31.7 Å². The van der Waals surface area contributed by atoms with Crippen LogP contribution in [0.25, 0.3) is 10.9 Å². The molecule has 4 rings (SSSR count). The number of rotatable bonds is 2.